The van der Waals surface area contributed by atoms with E-state index in [9.17, 15) is 0 Å². The molecule has 1 aromatic carbocycles. The molecular formula is C26H30N4O. The minimum atomic E-state index is 0.649. The number of likely N-dealkylation sites (tertiary alicyclic amines) is 1. The number of aromatic amines is 1. The van der Waals surface area contributed by atoms with Crippen LogP contribution in [0.2, 0.25) is 0 Å². The van der Waals surface area contributed by atoms with E-state index in [-0.39, 0.29) is 0 Å². The number of anilines is 1. The van der Waals surface area contributed by atoms with Crippen LogP contribution in [-0.2, 0) is 4.74 Å². The SMILES string of the molecule is COC1=CCCC=C1c1c[nH]c2c1C=C(c1cccc(C(=N)N3CCCCC3)c1)CN2. The second-order valence-electron chi connectivity index (χ2n) is 8.46. The van der Waals surface area contributed by atoms with Gasteiger partial charge in [0, 0.05) is 48.1 Å². The number of nitrogens with zero attached hydrogens (tertiary/aromatic N) is 1. The molecule has 0 radical (unpaired) electrons. The van der Waals surface area contributed by atoms with Gasteiger partial charge < -0.3 is 19.9 Å². The quantitative estimate of drug-likeness (QED) is 0.457. The van der Waals surface area contributed by atoms with Crippen molar-refractivity contribution in [1.82, 2.24) is 9.88 Å². The van der Waals surface area contributed by atoms with E-state index >= 15 is 0 Å². The van der Waals surface area contributed by atoms with Gasteiger partial charge in [-0.25, -0.2) is 0 Å². The first-order valence-electron chi connectivity index (χ1n) is 11.3. The minimum Gasteiger partial charge on any atom is -0.496 e. The molecule has 31 heavy (non-hydrogen) atoms. The molecule has 1 aromatic heterocycles. The van der Waals surface area contributed by atoms with Crippen molar-refractivity contribution in [3.8, 4) is 0 Å². The van der Waals surface area contributed by atoms with E-state index in [1.165, 1.54) is 41.5 Å². The summed E-state index contributed by atoms with van der Waals surface area (Å²) in [5.41, 5.74) is 6.91. The van der Waals surface area contributed by atoms with Gasteiger partial charge in [0.15, 0.2) is 0 Å². The highest BCUT2D eigenvalue weighted by atomic mass is 16.5. The maximum Gasteiger partial charge on any atom is 0.128 e. The Labute approximate surface area is 184 Å². The second-order valence-corrected chi connectivity index (χ2v) is 8.46. The molecule has 1 saturated heterocycles. The summed E-state index contributed by atoms with van der Waals surface area (Å²) in [7, 11) is 1.74. The highest BCUT2D eigenvalue weighted by Gasteiger charge is 2.22. The summed E-state index contributed by atoms with van der Waals surface area (Å²) in [6.45, 7) is 2.75. The zero-order valence-corrected chi connectivity index (χ0v) is 18.1. The molecular weight excluding hydrogens is 384 g/mol. The average Bonchev–Trinajstić information content (AvgIpc) is 3.27. The van der Waals surface area contributed by atoms with Crippen LogP contribution in [0.4, 0.5) is 5.82 Å². The van der Waals surface area contributed by atoms with Crippen molar-refractivity contribution in [2.75, 3.05) is 32.1 Å². The van der Waals surface area contributed by atoms with Crippen LogP contribution in [0, 0.1) is 5.41 Å². The number of hydrogen-bond donors (Lipinski definition) is 3. The Kier molecular flexibility index (Phi) is 5.41. The van der Waals surface area contributed by atoms with Crippen molar-refractivity contribution in [1.29, 1.82) is 5.41 Å². The van der Waals surface area contributed by atoms with E-state index in [0.717, 1.165) is 55.2 Å². The molecule has 3 N–H and O–H groups in total. The first-order valence-corrected chi connectivity index (χ1v) is 11.3. The normalized spacial score (nSPS) is 18.4. The fourth-order valence-electron chi connectivity index (χ4n) is 4.80. The average molecular weight is 415 g/mol. The Bertz CT molecular complexity index is 1080. The molecule has 1 fully saturated rings. The highest BCUT2D eigenvalue weighted by molar-refractivity contribution is 5.99. The first-order chi connectivity index (χ1) is 15.2. The third-order valence-corrected chi connectivity index (χ3v) is 6.49. The van der Waals surface area contributed by atoms with Gasteiger partial charge in [0.1, 0.15) is 17.4 Å². The van der Waals surface area contributed by atoms with E-state index in [1.807, 2.05) is 0 Å². The number of hydrogen-bond acceptors (Lipinski definition) is 3. The molecule has 5 nitrogen and oxygen atoms in total. The van der Waals surface area contributed by atoms with Crippen LogP contribution >= 0.6 is 0 Å². The predicted octanol–water partition coefficient (Wildman–Crippen LogP) is 5.50. The number of allylic oxidation sites excluding steroid dienone is 3. The Morgan fingerprint density at radius 2 is 1.94 bits per heavy atom. The number of piperidine rings is 1. The van der Waals surface area contributed by atoms with Crippen LogP contribution in [0.15, 0.2) is 48.4 Å². The number of methoxy groups -OCH3 is 1. The molecule has 5 rings (SSSR count). The van der Waals surface area contributed by atoms with Gasteiger partial charge in [-0.15, -0.1) is 0 Å². The third kappa shape index (κ3) is 3.80. The molecule has 0 atom stereocenters. The van der Waals surface area contributed by atoms with Gasteiger partial charge in [0.05, 0.1) is 7.11 Å². The van der Waals surface area contributed by atoms with Gasteiger partial charge in [0.2, 0.25) is 0 Å². The summed E-state index contributed by atoms with van der Waals surface area (Å²) in [6, 6.07) is 8.46. The zero-order valence-electron chi connectivity index (χ0n) is 18.1. The maximum atomic E-state index is 8.70. The number of rotatable bonds is 4. The number of H-pyrrole nitrogens is 1. The van der Waals surface area contributed by atoms with Crippen molar-refractivity contribution in [3.05, 3.63) is 70.6 Å². The molecule has 0 saturated carbocycles. The van der Waals surface area contributed by atoms with Gasteiger partial charge in [0.25, 0.3) is 0 Å². The molecule has 0 spiro atoms. The minimum absolute atomic E-state index is 0.649. The molecule has 0 bridgehead atoms. The number of benzene rings is 1. The summed E-state index contributed by atoms with van der Waals surface area (Å²) < 4.78 is 5.64. The van der Waals surface area contributed by atoms with E-state index in [4.69, 9.17) is 10.1 Å². The second kappa shape index (κ2) is 8.50. The monoisotopic (exact) mass is 414 g/mol. The lowest BCUT2D eigenvalue weighted by molar-refractivity contribution is 0.308. The van der Waals surface area contributed by atoms with Gasteiger partial charge in [-0.1, -0.05) is 24.3 Å². The van der Waals surface area contributed by atoms with E-state index in [2.05, 4.69) is 63.9 Å². The molecule has 5 heteroatoms. The smallest absolute Gasteiger partial charge is 0.128 e. The number of nitrogens with one attached hydrogen (secondary N) is 3. The Morgan fingerprint density at radius 3 is 2.77 bits per heavy atom. The van der Waals surface area contributed by atoms with Crippen LogP contribution in [0.5, 0.6) is 0 Å². The first kappa shape index (κ1) is 19.7. The molecule has 2 aliphatic heterocycles. The molecule has 3 aliphatic rings. The molecule has 160 valence electrons. The molecule has 0 unspecified atom stereocenters. The van der Waals surface area contributed by atoms with E-state index in [0.29, 0.717) is 5.84 Å². The summed E-state index contributed by atoms with van der Waals surface area (Å²) in [6.07, 6.45) is 14.5. The highest BCUT2D eigenvalue weighted by Crippen LogP contribution is 2.38. The number of fused-ring (bicyclic) bond motifs is 1. The van der Waals surface area contributed by atoms with Crippen LogP contribution in [-0.4, -0.2) is 42.5 Å². The Hall–Kier alpha value is -3.21. The summed E-state index contributed by atoms with van der Waals surface area (Å²) in [4.78, 5) is 5.61. The van der Waals surface area contributed by atoms with Crippen molar-refractivity contribution in [2.45, 2.75) is 32.1 Å². The van der Waals surface area contributed by atoms with Crippen molar-refractivity contribution < 1.29 is 4.74 Å². The van der Waals surface area contributed by atoms with Crippen LogP contribution < -0.4 is 5.32 Å². The lowest BCUT2D eigenvalue weighted by Gasteiger charge is -2.29. The summed E-state index contributed by atoms with van der Waals surface area (Å²) in [5.74, 6) is 2.65. The van der Waals surface area contributed by atoms with Crippen molar-refractivity contribution in [2.24, 2.45) is 0 Å². The Balaban J connectivity index is 1.46. The molecule has 2 aromatic rings. The fraction of sp³-hybridized carbons (Fsp3) is 0.346. The summed E-state index contributed by atoms with van der Waals surface area (Å²) >= 11 is 0. The van der Waals surface area contributed by atoms with Crippen LogP contribution in [0.1, 0.15) is 54.4 Å². The lowest BCUT2D eigenvalue weighted by Crippen LogP contribution is -2.35. The molecule has 3 heterocycles. The van der Waals surface area contributed by atoms with E-state index in [1.54, 1.807) is 7.11 Å². The van der Waals surface area contributed by atoms with Crippen molar-refractivity contribution >= 4 is 28.9 Å². The topological polar surface area (TPSA) is 64.1 Å². The van der Waals surface area contributed by atoms with Crippen LogP contribution in [0.3, 0.4) is 0 Å². The third-order valence-electron chi connectivity index (χ3n) is 6.49. The number of amidine groups is 1. The van der Waals surface area contributed by atoms with E-state index < -0.39 is 0 Å². The summed E-state index contributed by atoms with van der Waals surface area (Å²) in [5, 5.41) is 12.2. The van der Waals surface area contributed by atoms with Gasteiger partial charge >= 0.3 is 0 Å². The molecule has 1 aliphatic carbocycles. The van der Waals surface area contributed by atoms with Crippen molar-refractivity contribution in [3.63, 3.8) is 0 Å². The Morgan fingerprint density at radius 1 is 1.10 bits per heavy atom. The molecule has 0 amide bonds. The number of aromatic nitrogens is 1. The fourth-order valence-corrected chi connectivity index (χ4v) is 4.80. The lowest BCUT2D eigenvalue weighted by atomic mass is 9.92. The standard InChI is InChI=1S/C26H30N4O/c1-31-24-11-4-3-10-21(24)23-17-29-26-22(23)15-20(16-28-26)18-8-7-9-19(14-18)25(27)30-12-5-2-6-13-30/h7-11,14-15,17,27-29H,2-6,12-13,16H2,1H3. The maximum absolute atomic E-state index is 8.70. The van der Waals surface area contributed by atoms with Crippen LogP contribution in [0.25, 0.3) is 17.2 Å². The zero-order chi connectivity index (χ0) is 21.2. The van der Waals surface area contributed by atoms with Gasteiger partial charge in [-0.3, -0.25) is 5.41 Å². The number of ether oxygens (including phenoxy) is 1. The largest absolute Gasteiger partial charge is 0.496 e. The predicted molar refractivity (Wildman–Crippen MR) is 128 cm³/mol. The van der Waals surface area contributed by atoms with Gasteiger partial charge in [-0.05, 0) is 61.5 Å². The van der Waals surface area contributed by atoms with Gasteiger partial charge in [-0.2, -0.15) is 0 Å².